The van der Waals surface area contributed by atoms with Gasteiger partial charge < -0.3 is 15.6 Å². The molecule has 182 valence electrons. The molecule has 0 spiro atoms. The van der Waals surface area contributed by atoms with Crippen molar-refractivity contribution in [3.63, 3.8) is 0 Å². The van der Waals surface area contributed by atoms with Crippen LogP contribution >= 0.6 is 0 Å². The molecule has 2 saturated heterocycles. The molecule has 6 nitrogen and oxygen atoms in total. The lowest BCUT2D eigenvalue weighted by molar-refractivity contribution is 0.249. The molecule has 4 N–H and O–H groups in total. The summed E-state index contributed by atoms with van der Waals surface area (Å²) in [6.45, 7) is 5.27. The fourth-order valence-electron chi connectivity index (χ4n) is 4.82. The average molecular weight is 496 g/mol. The van der Waals surface area contributed by atoms with Crippen LogP contribution < -0.4 is 15.8 Å². The van der Waals surface area contributed by atoms with E-state index in [0.717, 1.165) is 12.5 Å². The van der Waals surface area contributed by atoms with Crippen LogP contribution in [0, 0.1) is 23.4 Å². The van der Waals surface area contributed by atoms with Crippen LogP contribution in [0.4, 0.5) is 13.2 Å². The van der Waals surface area contributed by atoms with Gasteiger partial charge in [0.15, 0.2) is 21.5 Å². The molecule has 4 unspecified atom stereocenters. The summed E-state index contributed by atoms with van der Waals surface area (Å²) in [6.07, 6.45) is 1.85. The largest absolute Gasteiger partial charge is 0.598 e. The zero-order chi connectivity index (χ0) is 23.8. The van der Waals surface area contributed by atoms with Gasteiger partial charge in [0.25, 0.3) is 0 Å². The van der Waals surface area contributed by atoms with Gasteiger partial charge in [-0.1, -0.05) is 0 Å². The Morgan fingerprint density at radius 1 is 1.22 bits per heavy atom. The minimum atomic E-state index is -3.61. The van der Waals surface area contributed by atoms with Gasteiger partial charge in [-0.15, -0.1) is 4.72 Å². The molecule has 32 heavy (non-hydrogen) atoms. The van der Waals surface area contributed by atoms with E-state index in [1.807, 2.05) is 0 Å². The highest BCUT2D eigenvalue weighted by atomic mass is 32.2. The maximum Gasteiger partial charge on any atom is 0.161 e. The number of benzene rings is 1. The van der Waals surface area contributed by atoms with Crippen LogP contribution in [0.25, 0.3) is 0 Å². The Hall–Kier alpha value is -0.850. The van der Waals surface area contributed by atoms with Crippen molar-refractivity contribution in [1.29, 1.82) is 0 Å². The molecule has 2 bridgehead atoms. The van der Waals surface area contributed by atoms with E-state index in [-0.39, 0.29) is 36.4 Å². The highest BCUT2D eigenvalue weighted by Gasteiger charge is 2.51. The number of nitrogens with two attached hydrogens (primary N) is 1. The van der Waals surface area contributed by atoms with E-state index in [9.17, 15) is 26.1 Å². The smallest absolute Gasteiger partial charge is 0.161 e. The van der Waals surface area contributed by atoms with Gasteiger partial charge in [-0.05, 0) is 64.0 Å². The second-order valence-electron chi connectivity index (χ2n) is 9.73. The van der Waals surface area contributed by atoms with E-state index in [4.69, 9.17) is 5.73 Å². The standard InChI is InChI=1S/C21H32F3N3O3S2/c1-21(2,3)31(28)27-19(9-12-8-16(23)17(24)11-15(12)22)14-10-13-4-5-18(26-13)20(14)32(29,30)7-6-25/h8,11,13-14,18-20,26-27H,4-7,9-10,25H2,1-3H3/t13?,14?,18?,19-,20?,31+/m1/s1. The number of rotatable bonds is 8. The van der Waals surface area contributed by atoms with Crippen molar-refractivity contribution in [1.82, 2.24) is 10.0 Å². The van der Waals surface area contributed by atoms with Crippen molar-refractivity contribution in [2.45, 2.75) is 74.6 Å². The average Bonchev–Trinajstić information content (AvgIpc) is 3.04. The summed E-state index contributed by atoms with van der Waals surface area (Å²) in [5, 5.41) is 2.56. The number of piperidine rings is 1. The molecule has 2 fully saturated rings. The van der Waals surface area contributed by atoms with Crippen LogP contribution in [0.3, 0.4) is 0 Å². The Morgan fingerprint density at radius 3 is 2.50 bits per heavy atom. The lowest BCUT2D eigenvalue weighted by Crippen LogP contribution is -2.60. The molecule has 11 heteroatoms. The maximum absolute atomic E-state index is 14.5. The zero-order valence-corrected chi connectivity index (χ0v) is 20.2. The zero-order valence-electron chi connectivity index (χ0n) is 18.5. The third kappa shape index (κ3) is 5.61. The number of hydrogen-bond donors (Lipinski definition) is 3. The minimum absolute atomic E-state index is 0.0223. The molecule has 0 aliphatic carbocycles. The van der Waals surface area contributed by atoms with E-state index in [0.29, 0.717) is 18.9 Å². The number of halogens is 3. The molecule has 1 aromatic rings. The van der Waals surface area contributed by atoms with E-state index in [2.05, 4.69) is 10.0 Å². The molecular weight excluding hydrogens is 463 g/mol. The fourth-order valence-corrected chi connectivity index (χ4v) is 7.85. The number of nitrogens with one attached hydrogen (secondary N) is 2. The Kier molecular flexibility index (Phi) is 7.88. The molecule has 1 aromatic carbocycles. The molecule has 0 saturated carbocycles. The first kappa shape index (κ1) is 25.8. The van der Waals surface area contributed by atoms with Gasteiger partial charge in [-0.25, -0.2) is 21.6 Å². The van der Waals surface area contributed by atoms with Crippen LogP contribution in [-0.2, 0) is 27.6 Å². The van der Waals surface area contributed by atoms with E-state index >= 15 is 0 Å². The van der Waals surface area contributed by atoms with Crippen molar-refractivity contribution in [3.05, 3.63) is 35.1 Å². The summed E-state index contributed by atoms with van der Waals surface area (Å²) in [4.78, 5) is 0. The monoisotopic (exact) mass is 495 g/mol. The lowest BCUT2D eigenvalue weighted by atomic mass is 9.83. The lowest BCUT2D eigenvalue weighted by Gasteiger charge is -2.42. The van der Waals surface area contributed by atoms with Gasteiger partial charge in [-0.2, -0.15) is 0 Å². The number of sulfone groups is 1. The van der Waals surface area contributed by atoms with Crippen molar-refractivity contribution >= 4 is 21.2 Å². The molecule has 0 aromatic heterocycles. The minimum Gasteiger partial charge on any atom is -0.598 e. The summed E-state index contributed by atoms with van der Waals surface area (Å²) in [5.74, 6) is -4.09. The quantitative estimate of drug-likeness (QED) is 0.376. The molecule has 3 rings (SSSR count). The molecular formula is C21H32F3N3O3S2. The Balaban J connectivity index is 2.01. The third-order valence-corrected chi connectivity index (χ3v) is 10.3. The maximum atomic E-state index is 14.5. The Labute approximate surface area is 191 Å². The summed E-state index contributed by atoms with van der Waals surface area (Å²) in [6, 6.07) is 0.362. The SMILES string of the molecule is CC(C)(C)[S@+]([O-])N[C@H](Cc1cc(F)c(F)cc1F)C1CC2CCC(N2)C1S(=O)(=O)CCN. The van der Waals surface area contributed by atoms with E-state index < -0.39 is 60.6 Å². The summed E-state index contributed by atoms with van der Waals surface area (Å²) >= 11 is -1.59. The Morgan fingerprint density at radius 2 is 1.88 bits per heavy atom. The highest BCUT2D eigenvalue weighted by Crippen LogP contribution is 2.39. The molecule has 2 aliphatic heterocycles. The first-order chi connectivity index (χ1) is 14.8. The van der Waals surface area contributed by atoms with Crippen molar-refractivity contribution in [3.8, 4) is 0 Å². The Bertz CT molecular complexity index is 927. The summed E-state index contributed by atoms with van der Waals surface area (Å²) < 4.78 is 83.5. The number of hydrogen-bond acceptors (Lipinski definition) is 6. The first-order valence-corrected chi connectivity index (χ1v) is 13.7. The van der Waals surface area contributed by atoms with Crippen molar-refractivity contribution in [2.24, 2.45) is 11.7 Å². The highest BCUT2D eigenvalue weighted by molar-refractivity contribution is 7.92. The van der Waals surface area contributed by atoms with Gasteiger partial charge >= 0.3 is 0 Å². The van der Waals surface area contributed by atoms with Gasteiger partial charge in [-0.3, -0.25) is 0 Å². The van der Waals surface area contributed by atoms with Crippen molar-refractivity contribution in [2.75, 3.05) is 12.3 Å². The molecule has 2 aliphatic rings. The van der Waals surface area contributed by atoms with Crippen LogP contribution in [0.1, 0.15) is 45.6 Å². The molecule has 6 atom stereocenters. The van der Waals surface area contributed by atoms with Gasteiger partial charge in [0.1, 0.15) is 10.6 Å². The molecule has 0 radical (unpaired) electrons. The van der Waals surface area contributed by atoms with Crippen molar-refractivity contribution < 1.29 is 26.1 Å². The topological polar surface area (TPSA) is 107 Å². The fraction of sp³-hybridized carbons (Fsp3) is 0.714. The predicted molar refractivity (Wildman–Crippen MR) is 120 cm³/mol. The van der Waals surface area contributed by atoms with E-state index in [1.54, 1.807) is 20.8 Å². The summed E-state index contributed by atoms with van der Waals surface area (Å²) in [5.41, 5.74) is 5.47. The van der Waals surface area contributed by atoms with E-state index in [1.165, 1.54) is 0 Å². The second-order valence-corrected chi connectivity index (χ2v) is 14.0. The van der Waals surface area contributed by atoms with Crippen LogP contribution in [-0.4, -0.2) is 53.4 Å². The van der Waals surface area contributed by atoms with Crippen LogP contribution in [0.15, 0.2) is 12.1 Å². The first-order valence-electron chi connectivity index (χ1n) is 10.8. The molecule has 0 amide bonds. The molecule has 2 heterocycles. The van der Waals surface area contributed by atoms with Gasteiger partial charge in [0, 0.05) is 36.1 Å². The summed E-state index contributed by atoms with van der Waals surface area (Å²) in [7, 11) is -3.61. The normalized spacial score (nSPS) is 28.0. The number of fused-ring (bicyclic) bond motifs is 2. The second kappa shape index (κ2) is 9.79. The van der Waals surface area contributed by atoms with Gasteiger partial charge in [0.2, 0.25) is 0 Å². The van der Waals surface area contributed by atoms with Crippen LogP contribution in [0.2, 0.25) is 0 Å². The predicted octanol–water partition coefficient (Wildman–Crippen LogP) is 1.95. The van der Waals surface area contributed by atoms with Crippen LogP contribution in [0.5, 0.6) is 0 Å². The van der Waals surface area contributed by atoms with Gasteiger partial charge in [0.05, 0.1) is 17.0 Å². The third-order valence-electron chi connectivity index (χ3n) is 6.33.